The van der Waals surface area contributed by atoms with Crippen LogP contribution >= 0.6 is 12.4 Å². The van der Waals surface area contributed by atoms with Crippen molar-refractivity contribution in [1.82, 2.24) is 10.6 Å². The maximum Gasteiger partial charge on any atom is 0.319 e. The fourth-order valence-electron chi connectivity index (χ4n) is 2.38. The van der Waals surface area contributed by atoms with Crippen molar-refractivity contribution < 1.29 is 14.6 Å². The lowest BCUT2D eigenvalue weighted by molar-refractivity contribution is 0.164. The summed E-state index contributed by atoms with van der Waals surface area (Å²) in [5.74, 6) is 1.45. The zero-order chi connectivity index (χ0) is 16.1. The van der Waals surface area contributed by atoms with Gasteiger partial charge in [0.25, 0.3) is 0 Å². The molecule has 128 valence electrons. The van der Waals surface area contributed by atoms with E-state index < -0.39 is 6.10 Å². The molecule has 0 aromatic heterocycles. The third-order valence-electron chi connectivity index (χ3n) is 3.59. The molecule has 0 radical (unpaired) electrons. The van der Waals surface area contributed by atoms with Gasteiger partial charge < -0.3 is 25.8 Å². The molecule has 2 aromatic carbocycles. The fourth-order valence-corrected chi connectivity index (χ4v) is 2.38. The van der Waals surface area contributed by atoms with E-state index in [0.29, 0.717) is 24.5 Å². The van der Waals surface area contributed by atoms with E-state index in [4.69, 9.17) is 4.74 Å². The average molecular weight is 350 g/mol. The van der Waals surface area contributed by atoms with Crippen LogP contribution in [-0.2, 0) is 0 Å². The highest BCUT2D eigenvalue weighted by Gasteiger charge is 2.26. The van der Waals surface area contributed by atoms with Crippen molar-refractivity contribution in [2.24, 2.45) is 0 Å². The molecule has 2 atom stereocenters. The van der Waals surface area contributed by atoms with Crippen LogP contribution < -0.4 is 20.7 Å². The van der Waals surface area contributed by atoms with Crippen LogP contribution in [0.5, 0.6) is 11.5 Å². The first-order valence-corrected chi connectivity index (χ1v) is 7.50. The molecule has 0 saturated carbocycles. The minimum Gasteiger partial charge on any atom is -0.457 e. The largest absolute Gasteiger partial charge is 0.457 e. The van der Waals surface area contributed by atoms with Gasteiger partial charge in [0.05, 0.1) is 12.1 Å². The van der Waals surface area contributed by atoms with E-state index in [1.54, 1.807) is 24.3 Å². The number of β-amino-alcohol motifs (C(OH)–C–C–N with tert-alkyl or cyclic N) is 1. The van der Waals surface area contributed by atoms with Gasteiger partial charge in [0, 0.05) is 18.8 Å². The number of aliphatic hydroxyl groups excluding tert-OH is 1. The second-order valence-electron chi connectivity index (χ2n) is 5.37. The summed E-state index contributed by atoms with van der Waals surface area (Å²) in [5.41, 5.74) is 0.656. The number of anilines is 1. The predicted molar refractivity (Wildman–Crippen MR) is 95.0 cm³/mol. The Morgan fingerprint density at radius 2 is 1.71 bits per heavy atom. The summed E-state index contributed by atoms with van der Waals surface area (Å²) < 4.78 is 5.69. The Morgan fingerprint density at radius 1 is 1.04 bits per heavy atom. The maximum atomic E-state index is 11.9. The molecular formula is C17H20ClN3O3. The number of aliphatic hydroxyl groups is 1. The van der Waals surface area contributed by atoms with Crippen molar-refractivity contribution in [3.8, 4) is 11.5 Å². The zero-order valence-electron chi connectivity index (χ0n) is 12.9. The molecule has 6 nitrogen and oxygen atoms in total. The number of amides is 2. The van der Waals surface area contributed by atoms with Gasteiger partial charge in [-0.1, -0.05) is 18.2 Å². The third-order valence-corrected chi connectivity index (χ3v) is 3.59. The maximum absolute atomic E-state index is 11.9. The van der Waals surface area contributed by atoms with Crippen molar-refractivity contribution in [2.45, 2.75) is 12.1 Å². The molecule has 7 heteroatoms. The summed E-state index contributed by atoms with van der Waals surface area (Å²) >= 11 is 0. The molecule has 1 fully saturated rings. The Kier molecular flexibility index (Phi) is 6.43. The van der Waals surface area contributed by atoms with Crippen LogP contribution in [0.3, 0.4) is 0 Å². The molecule has 0 bridgehead atoms. The molecule has 2 amide bonds. The van der Waals surface area contributed by atoms with Gasteiger partial charge in [-0.05, 0) is 36.4 Å². The van der Waals surface area contributed by atoms with Crippen molar-refractivity contribution in [3.05, 3.63) is 54.6 Å². The first-order chi connectivity index (χ1) is 11.2. The molecule has 1 aliphatic rings. The van der Waals surface area contributed by atoms with Gasteiger partial charge in [-0.25, -0.2) is 4.79 Å². The standard InChI is InChI=1S/C17H19N3O3.ClH/c21-16-11-18-10-15(16)20-17(22)19-12-6-8-14(9-7-12)23-13-4-2-1-3-5-13;/h1-9,15-16,18,21H,10-11H2,(H2,19,20,22);1H/t15-,16-;/m1./s1. The fraction of sp³-hybridized carbons (Fsp3) is 0.235. The molecule has 0 aliphatic carbocycles. The summed E-state index contributed by atoms with van der Waals surface area (Å²) in [6.45, 7) is 1.06. The van der Waals surface area contributed by atoms with Gasteiger partial charge in [-0.3, -0.25) is 0 Å². The third kappa shape index (κ3) is 4.86. The van der Waals surface area contributed by atoms with Crippen molar-refractivity contribution >= 4 is 24.1 Å². The Bertz CT molecular complexity index is 652. The van der Waals surface area contributed by atoms with Crippen LogP contribution in [0, 0.1) is 0 Å². The van der Waals surface area contributed by atoms with Gasteiger partial charge in [0.2, 0.25) is 0 Å². The van der Waals surface area contributed by atoms with Gasteiger partial charge in [-0.2, -0.15) is 0 Å². The van der Waals surface area contributed by atoms with Crippen LogP contribution in [0.25, 0.3) is 0 Å². The van der Waals surface area contributed by atoms with Crippen LogP contribution in [0.2, 0.25) is 0 Å². The number of para-hydroxylation sites is 1. The van der Waals surface area contributed by atoms with Gasteiger partial charge >= 0.3 is 6.03 Å². The number of carbonyl (C=O) groups is 1. The second kappa shape index (κ2) is 8.54. The van der Waals surface area contributed by atoms with Gasteiger partial charge in [0.15, 0.2) is 0 Å². The van der Waals surface area contributed by atoms with E-state index in [2.05, 4.69) is 16.0 Å². The van der Waals surface area contributed by atoms with E-state index in [0.717, 1.165) is 5.75 Å². The quantitative estimate of drug-likeness (QED) is 0.683. The molecule has 3 rings (SSSR count). The number of ether oxygens (including phenoxy) is 1. The Balaban J connectivity index is 0.00000208. The second-order valence-corrected chi connectivity index (χ2v) is 5.37. The number of urea groups is 1. The highest BCUT2D eigenvalue weighted by atomic mass is 35.5. The number of hydrogen-bond acceptors (Lipinski definition) is 4. The molecule has 2 aromatic rings. The van der Waals surface area contributed by atoms with Crippen molar-refractivity contribution in [3.63, 3.8) is 0 Å². The van der Waals surface area contributed by atoms with Crippen LogP contribution in [0.15, 0.2) is 54.6 Å². The normalized spacial score (nSPS) is 19.2. The summed E-state index contributed by atoms with van der Waals surface area (Å²) in [6, 6.07) is 16.0. The molecule has 24 heavy (non-hydrogen) atoms. The Morgan fingerprint density at radius 3 is 2.33 bits per heavy atom. The number of halogens is 1. The first kappa shape index (κ1) is 18.1. The lowest BCUT2D eigenvalue weighted by atomic mass is 10.2. The Hall–Kier alpha value is -2.28. The van der Waals surface area contributed by atoms with Crippen LogP contribution in [0.1, 0.15) is 0 Å². The molecule has 1 heterocycles. The van der Waals surface area contributed by atoms with Crippen LogP contribution in [0.4, 0.5) is 10.5 Å². The lowest BCUT2D eigenvalue weighted by Gasteiger charge is -2.16. The minimum atomic E-state index is -0.553. The van der Waals surface area contributed by atoms with E-state index >= 15 is 0 Å². The van der Waals surface area contributed by atoms with Gasteiger partial charge in [0.1, 0.15) is 11.5 Å². The SMILES string of the molecule is Cl.O=C(Nc1ccc(Oc2ccccc2)cc1)N[C@@H]1CNC[C@H]1O. The summed E-state index contributed by atoms with van der Waals surface area (Å²) in [6.07, 6.45) is -0.553. The Labute approximate surface area is 146 Å². The average Bonchev–Trinajstić information content (AvgIpc) is 2.95. The van der Waals surface area contributed by atoms with E-state index in [9.17, 15) is 9.90 Å². The lowest BCUT2D eigenvalue weighted by Crippen LogP contribution is -2.44. The van der Waals surface area contributed by atoms with E-state index in [1.165, 1.54) is 0 Å². The number of nitrogens with one attached hydrogen (secondary N) is 3. The molecule has 1 aliphatic heterocycles. The highest BCUT2D eigenvalue weighted by Crippen LogP contribution is 2.22. The molecule has 0 unspecified atom stereocenters. The smallest absolute Gasteiger partial charge is 0.319 e. The molecule has 1 saturated heterocycles. The predicted octanol–water partition coefficient (Wildman–Crippen LogP) is 2.35. The number of carbonyl (C=O) groups excluding carboxylic acids is 1. The summed E-state index contributed by atoms with van der Waals surface area (Å²) in [7, 11) is 0. The van der Waals surface area contributed by atoms with Crippen molar-refractivity contribution in [2.75, 3.05) is 18.4 Å². The number of benzene rings is 2. The minimum absolute atomic E-state index is 0. The van der Waals surface area contributed by atoms with Gasteiger partial charge in [-0.15, -0.1) is 12.4 Å². The number of hydrogen-bond donors (Lipinski definition) is 4. The molecule has 0 spiro atoms. The summed E-state index contributed by atoms with van der Waals surface area (Å²) in [4.78, 5) is 11.9. The number of rotatable bonds is 4. The molecular weight excluding hydrogens is 330 g/mol. The molecule has 4 N–H and O–H groups in total. The zero-order valence-corrected chi connectivity index (χ0v) is 13.8. The highest BCUT2D eigenvalue weighted by molar-refractivity contribution is 5.89. The van der Waals surface area contributed by atoms with E-state index in [-0.39, 0.29) is 24.5 Å². The van der Waals surface area contributed by atoms with E-state index in [1.807, 2.05) is 30.3 Å². The monoisotopic (exact) mass is 349 g/mol. The van der Waals surface area contributed by atoms with Crippen molar-refractivity contribution in [1.29, 1.82) is 0 Å². The topological polar surface area (TPSA) is 82.6 Å². The first-order valence-electron chi connectivity index (χ1n) is 7.50. The van der Waals surface area contributed by atoms with Crippen LogP contribution in [-0.4, -0.2) is 36.4 Å². The summed E-state index contributed by atoms with van der Waals surface area (Å²) in [5, 5.41) is 18.1.